The summed E-state index contributed by atoms with van der Waals surface area (Å²) in [6.45, 7) is 7.30. The second-order valence-electron chi connectivity index (χ2n) is 6.75. The molecular formula is C18H24N6O. The fraction of sp³-hybridized carbons (Fsp3) is 0.500. The average Bonchev–Trinajstić information content (AvgIpc) is 3.10. The van der Waals surface area contributed by atoms with Gasteiger partial charge in [-0.2, -0.15) is 0 Å². The molecule has 2 aliphatic heterocycles. The van der Waals surface area contributed by atoms with E-state index in [1.807, 2.05) is 13.0 Å². The molecular weight excluding hydrogens is 316 g/mol. The van der Waals surface area contributed by atoms with E-state index in [2.05, 4.69) is 49.6 Å². The molecule has 2 N–H and O–H groups in total. The summed E-state index contributed by atoms with van der Waals surface area (Å²) in [4.78, 5) is 16.0. The molecule has 0 radical (unpaired) electrons. The minimum atomic E-state index is 0.349. The number of nitrogens with zero attached hydrogens (tertiary/aromatic N) is 4. The van der Waals surface area contributed by atoms with E-state index >= 15 is 0 Å². The standard InChI is InChI=1S/C18H24N6O/c1-12-5-6-16-15(8-12)13(2)21-18(22-16)23-17-19-10-24(11-20-17)9-14-4-3-7-25-14/h5-6,8,14H,3-4,7,9-11H2,1-2H3,(H2,19,20,21,22,23). The van der Waals surface area contributed by atoms with Crippen LogP contribution in [0.2, 0.25) is 0 Å². The number of aromatic nitrogens is 2. The lowest BCUT2D eigenvalue weighted by atomic mass is 10.1. The van der Waals surface area contributed by atoms with Crippen molar-refractivity contribution in [3.05, 3.63) is 29.5 Å². The monoisotopic (exact) mass is 340 g/mol. The van der Waals surface area contributed by atoms with Crippen LogP contribution in [0.3, 0.4) is 0 Å². The molecule has 3 heterocycles. The number of rotatable bonds is 3. The largest absolute Gasteiger partial charge is 0.377 e. The van der Waals surface area contributed by atoms with Crippen molar-refractivity contribution >= 4 is 22.8 Å². The molecule has 4 rings (SSSR count). The lowest BCUT2D eigenvalue weighted by Crippen LogP contribution is -2.48. The molecule has 0 bridgehead atoms. The zero-order chi connectivity index (χ0) is 17.2. The zero-order valence-corrected chi connectivity index (χ0v) is 14.7. The molecule has 1 saturated heterocycles. The van der Waals surface area contributed by atoms with Crippen molar-refractivity contribution in [2.24, 2.45) is 4.99 Å². The van der Waals surface area contributed by atoms with E-state index in [1.165, 1.54) is 12.0 Å². The highest BCUT2D eigenvalue weighted by atomic mass is 16.5. The Bertz CT molecular complexity index is 799. The molecule has 0 spiro atoms. The molecule has 0 saturated carbocycles. The van der Waals surface area contributed by atoms with Gasteiger partial charge in [-0.05, 0) is 38.8 Å². The van der Waals surface area contributed by atoms with Gasteiger partial charge in [-0.25, -0.2) is 15.0 Å². The Morgan fingerprint density at radius 2 is 2.24 bits per heavy atom. The Balaban J connectivity index is 1.43. The second-order valence-corrected chi connectivity index (χ2v) is 6.75. The smallest absolute Gasteiger partial charge is 0.230 e. The van der Waals surface area contributed by atoms with E-state index in [1.54, 1.807) is 0 Å². The summed E-state index contributed by atoms with van der Waals surface area (Å²) in [7, 11) is 0. The number of guanidine groups is 1. The van der Waals surface area contributed by atoms with Gasteiger partial charge in [0.15, 0.2) is 0 Å². The number of aliphatic imine (C=N–C) groups is 1. The van der Waals surface area contributed by atoms with Crippen LogP contribution in [-0.2, 0) is 4.74 Å². The highest BCUT2D eigenvalue weighted by molar-refractivity contribution is 5.93. The topological polar surface area (TPSA) is 74.7 Å². The fourth-order valence-electron chi connectivity index (χ4n) is 3.30. The number of fused-ring (bicyclic) bond motifs is 1. The Kier molecular flexibility index (Phi) is 4.50. The predicted octanol–water partition coefficient (Wildman–Crippen LogP) is 2.01. The molecule has 7 nitrogen and oxygen atoms in total. The summed E-state index contributed by atoms with van der Waals surface area (Å²) in [6.07, 6.45) is 2.66. The van der Waals surface area contributed by atoms with Gasteiger partial charge in [0, 0.05) is 18.5 Å². The summed E-state index contributed by atoms with van der Waals surface area (Å²) in [5.74, 6) is 1.29. The molecule has 0 amide bonds. The molecule has 25 heavy (non-hydrogen) atoms. The molecule has 0 aliphatic carbocycles. The quantitative estimate of drug-likeness (QED) is 0.890. The molecule has 7 heteroatoms. The number of aryl methyl sites for hydroxylation is 2. The second kappa shape index (κ2) is 6.93. The van der Waals surface area contributed by atoms with Crippen LogP contribution in [0, 0.1) is 13.8 Å². The predicted molar refractivity (Wildman–Crippen MR) is 98.6 cm³/mol. The maximum absolute atomic E-state index is 5.69. The first-order valence-corrected chi connectivity index (χ1v) is 8.82. The third-order valence-corrected chi connectivity index (χ3v) is 4.66. The summed E-state index contributed by atoms with van der Waals surface area (Å²) in [5.41, 5.74) is 3.12. The van der Waals surface area contributed by atoms with Gasteiger partial charge in [0.1, 0.15) is 0 Å². The van der Waals surface area contributed by atoms with Crippen molar-refractivity contribution in [1.29, 1.82) is 0 Å². The van der Waals surface area contributed by atoms with Gasteiger partial charge >= 0.3 is 0 Å². The highest BCUT2D eigenvalue weighted by Crippen LogP contribution is 2.19. The van der Waals surface area contributed by atoms with Crippen LogP contribution in [0.25, 0.3) is 10.9 Å². The zero-order valence-electron chi connectivity index (χ0n) is 14.7. The minimum absolute atomic E-state index is 0.349. The first-order valence-electron chi connectivity index (χ1n) is 8.82. The van der Waals surface area contributed by atoms with E-state index in [-0.39, 0.29) is 0 Å². The number of hydrogen-bond acceptors (Lipinski definition) is 7. The maximum Gasteiger partial charge on any atom is 0.230 e. The van der Waals surface area contributed by atoms with E-state index in [4.69, 9.17) is 4.74 Å². The summed E-state index contributed by atoms with van der Waals surface area (Å²) in [5, 5.41) is 7.59. The molecule has 2 aliphatic rings. The SMILES string of the molecule is Cc1ccc2nc(NC3=NCN(CC4CCCO4)CN3)nc(C)c2c1. The Morgan fingerprint density at radius 3 is 3.00 bits per heavy atom. The van der Waals surface area contributed by atoms with Crippen molar-refractivity contribution in [2.75, 3.05) is 31.8 Å². The van der Waals surface area contributed by atoms with Gasteiger partial charge in [-0.15, -0.1) is 0 Å². The van der Waals surface area contributed by atoms with Gasteiger partial charge in [-0.1, -0.05) is 11.6 Å². The molecule has 1 aromatic carbocycles. The van der Waals surface area contributed by atoms with E-state index in [0.29, 0.717) is 18.7 Å². The minimum Gasteiger partial charge on any atom is -0.377 e. The van der Waals surface area contributed by atoms with Crippen molar-refractivity contribution in [3.8, 4) is 0 Å². The molecule has 132 valence electrons. The first-order chi connectivity index (χ1) is 12.2. The normalized spacial score (nSPS) is 21.2. The van der Waals surface area contributed by atoms with Gasteiger partial charge in [0.2, 0.25) is 11.9 Å². The van der Waals surface area contributed by atoms with Crippen molar-refractivity contribution in [3.63, 3.8) is 0 Å². The summed E-state index contributed by atoms with van der Waals surface area (Å²) < 4.78 is 5.69. The Hall–Kier alpha value is -2.25. The fourth-order valence-corrected chi connectivity index (χ4v) is 3.30. The third-order valence-electron chi connectivity index (χ3n) is 4.66. The number of anilines is 1. The van der Waals surface area contributed by atoms with Crippen LogP contribution >= 0.6 is 0 Å². The van der Waals surface area contributed by atoms with Gasteiger partial charge in [-0.3, -0.25) is 10.2 Å². The molecule has 1 atom stereocenters. The van der Waals surface area contributed by atoms with Crippen LogP contribution < -0.4 is 10.6 Å². The van der Waals surface area contributed by atoms with Crippen LogP contribution in [0.1, 0.15) is 24.1 Å². The van der Waals surface area contributed by atoms with Gasteiger partial charge < -0.3 is 10.1 Å². The molecule has 1 unspecified atom stereocenters. The Labute approximate surface area is 147 Å². The highest BCUT2D eigenvalue weighted by Gasteiger charge is 2.21. The summed E-state index contributed by atoms with van der Waals surface area (Å²) >= 11 is 0. The number of nitrogens with one attached hydrogen (secondary N) is 2. The van der Waals surface area contributed by atoms with E-state index in [0.717, 1.165) is 48.8 Å². The first kappa shape index (κ1) is 16.2. The summed E-state index contributed by atoms with van der Waals surface area (Å²) in [6, 6.07) is 6.22. The Morgan fingerprint density at radius 1 is 1.32 bits per heavy atom. The number of ether oxygens (including phenoxy) is 1. The van der Waals surface area contributed by atoms with Crippen LogP contribution in [0.15, 0.2) is 23.2 Å². The molecule has 1 fully saturated rings. The molecule has 1 aromatic heterocycles. The van der Waals surface area contributed by atoms with Crippen LogP contribution in [-0.4, -0.2) is 53.4 Å². The average molecular weight is 340 g/mol. The van der Waals surface area contributed by atoms with Crippen LogP contribution in [0.5, 0.6) is 0 Å². The lowest BCUT2D eigenvalue weighted by Gasteiger charge is -2.28. The number of benzene rings is 1. The van der Waals surface area contributed by atoms with Gasteiger partial charge in [0.25, 0.3) is 0 Å². The lowest BCUT2D eigenvalue weighted by molar-refractivity contribution is 0.0715. The van der Waals surface area contributed by atoms with Crippen molar-refractivity contribution < 1.29 is 4.74 Å². The van der Waals surface area contributed by atoms with Crippen molar-refractivity contribution in [1.82, 2.24) is 20.2 Å². The van der Waals surface area contributed by atoms with Crippen molar-refractivity contribution in [2.45, 2.75) is 32.8 Å². The molecule has 2 aromatic rings. The van der Waals surface area contributed by atoms with E-state index < -0.39 is 0 Å². The number of hydrogen-bond donors (Lipinski definition) is 2. The van der Waals surface area contributed by atoms with E-state index in [9.17, 15) is 0 Å². The van der Waals surface area contributed by atoms with Crippen LogP contribution in [0.4, 0.5) is 5.95 Å². The van der Waals surface area contributed by atoms with Gasteiger partial charge in [0.05, 0.1) is 30.7 Å². The third kappa shape index (κ3) is 3.72. The maximum atomic E-state index is 5.69.